The second-order valence-electron chi connectivity index (χ2n) is 10.4. The minimum absolute atomic E-state index is 0.0167. The summed E-state index contributed by atoms with van der Waals surface area (Å²) in [6.45, 7) is 10.7. The third kappa shape index (κ3) is 4.61. The van der Waals surface area contributed by atoms with Gasteiger partial charge in [0.1, 0.15) is 6.04 Å². The van der Waals surface area contributed by atoms with E-state index in [-0.39, 0.29) is 30.9 Å². The molecule has 37 heavy (non-hydrogen) atoms. The van der Waals surface area contributed by atoms with Crippen LogP contribution in [0.2, 0.25) is 5.02 Å². The lowest BCUT2D eigenvalue weighted by atomic mass is 9.66. The highest BCUT2D eigenvalue weighted by molar-refractivity contribution is 8.02. The maximum Gasteiger partial charge on any atom is 0.251 e. The molecule has 3 aliphatic rings. The molecule has 2 bridgehead atoms. The summed E-state index contributed by atoms with van der Waals surface area (Å²) in [5.41, 5.74) is 0.680. The molecule has 4 rings (SSSR count). The van der Waals surface area contributed by atoms with Crippen LogP contribution in [0.3, 0.4) is 0 Å². The molecule has 1 N–H and O–H groups in total. The van der Waals surface area contributed by atoms with E-state index >= 15 is 0 Å². The number of thioether (sulfide) groups is 1. The van der Waals surface area contributed by atoms with Gasteiger partial charge in [0.15, 0.2) is 0 Å². The summed E-state index contributed by atoms with van der Waals surface area (Å²) in [5.74, 6) is -1.46. The molecule has 0 aliphatic carbocycles. The number of halogens is 1. The fraction of sp³-hybridized carbons (Fsp3) is 0.536. The van der Waals surface area contributed by atoms with E-state index in [0.717, 1.165) is 6.42 Å². The van der Waals surface area contributed by atoms with Crippen molar-refractivity contribution in [2.45, 2.75) is 48.1 Å². The zero-order valence-electron chi connectivity index (χ0n) is 21.6. The summed E-state index contributed by atoms with van der Waals surface area (Å²) < 4.78 is -1.12. The SMILES string of the molecule is C=CCN(C)C(=O)[C@@H]1[C@H]2C(=O)N(CCCCO)C(C(=O)N(CC=C)c3ccc(Cl)cc3)C23CC[C@@]1(C)S3. The number of carbonyl (C=O) groups is 3. The van der Waals surface area contributed by atoms with E-state index in [9.17, 15) is 19.5 Å². The van der Waals surface area contributed by atoms with Crippen LogP contribution in [0.1, 0.15) is 32.6 Å². The van der Waals surface area contributed by atoms with Gasteiger partial charge in [-0.25, -0.2) is 0 Å². The number of carbonyl (C=O) groups excluding carboxylic acids is 3. The molecule has 0 radical (unpaired) electrons. The van der Waals surface area contributed by atoms with Gasteiger partial charge < -0.3 is 19.8 Å². The minimum atomic E-state index is -0.714. The van der Waals surface area contributed by atoms with Crippen LogP contribution in [0, 0.1) is 11.8 Å². The number of unbranched alkanes of at least 4 members (excludes halogenated alkanes) is 1. The monoisotopic (exact) mass is 545 g/mol. The summed E-state index contributed by atoms with van der Waals surface area (Å²) >= 11 is 7.76. The van der Waals surface area contributed by atoms with E-state index in [1.807, 2.05) is 0 Å². The van der Waals surface area contributed by atoms with Gasteiger partial charge in [-0.2, -0.15) is 0 Å². The van der Waals surface area contributed by atoms with Crippen molar-refractivity contribution in [1.29, 1.82) is 0 Å². The Kier molecular flexibility index (Phi) is 8.12. The maximum atomic E-state index is 14.4. The number of aliphatic hydroxyl groups is 1. The van der Waals surface area contributed by atoms with Gasteiger partial charge in [-0.1, -0.05) is 23.8 Å². The molecule has 9 heteroatoms. The Bertz CT molecular complexity index is 1080. The van der Waals surface area contributed by atoms with Gasteiger partial charge >= 0.3 is 0 Å². The topological polar surface area (TPSA) is 81.2 Å². The molecular formula is C28H36ClN3O4S. The van der Waals surface area contributed by atoms with Crippen LogP contribution < -0.4 is 4.90 Å². The predicted octanol–water partition coefficient (Wildman–Crippen LogP) is 3.76. The molecule has 1 aromatic carbocycles. The number of anilines is 1. The van der Waals surface area contributed by atoms with Crippen LogP contribution >= 0.6 is 23.4 Å². The first-order valence-corrected chi connectivity index (χ1v) is 14.0. The molecule has 1 spiro atoms. The second-order valence-corrected chi connectivity index (χ2v) is 12.7. The number of aliphatic hydroxyl groups excluding tert-OH is 1. The summed E-state index contributed by atoms with van der Waals surface area (Å²) in [4.78, 5) is 47.2. The molecule has 5 atom stereocenters. The van der Waals surface area contributed by atoms with Crippen molar-refractivity contribution < 1.29 is 19.5 Å². The van der Waals surface area contributed by atoms with Crippen molar-refractivity contribution in [1.82, 2.24) is 9.80 Å². The Balaban J connectivity index is 1.78. The summed E-state index contributed by atoms with van der Waals surface area (Å²) in [6.07, 6.45) is 5.91. The van der Waals surface area contributed by atoms with E-state index in [0.29, 0.717) is 43.1 Å². The van der Waals surface area contributed by atoms with Gasteiger partial charge in [0.25, 0.3) is 5.91 Å². The lowest BCUT2D eigenvalue weighted by Gasteiger charge is -2.37. The number of hydrogen-bond acceptors (Lipinski definition) is 5. The zero-order valence-corrected chi connectivity index (χ0v) is 23.1. The Morgan fingerprint density at radius 2 is 1.84 bits per heavy atom. The van der Waals surface area contributed by atoms with Crippen molar-refractivity contribution in [3.8, 4) is 0 Å². The van der Waals surface area contributed by atoms with E-state index in [2.05, 4.69) is 20.1 Å². The predicted molar refractivity (Wildman–Crippen MR) is 149 cm³/mol. The number of nitrogens with zero attached hydrogens (tertiary/aromatic N) is 3. The first kappa shape index (κ1) is 27.7. The van der Waals surface area contributed by atoms with Crippen molar-refractivity contribution >= 4 is 46.8 Å². The fourth-order valence-electron chi connectivity index (χ4n) is 6.46. The summed E-state index contributed by atoms with van der Waals surface area (Å²) in [5, 5.41) is 9.94. The zero-order chi connectivity index (χ0) is 27.0. The van der Waals surface area contributed by atoms with Crippen LogP contribution in [0.25, 0.3) is 0 Å². The molecule has 0 saturated carbocycles. The molecule has 1 aromatic rings. The Hall–Kier alpha value is -2.29. The first-order chi connectivity index (χ1) is 17.6. The number of rotatable bonds is 11. The molecule has 3 saturated heterocycles. The number of amides is 3. The maximum absolute atomic E-state index is 14.4. The summed E-state index contributed by atoms with van der Waals surface area (Å²) in [7, 11) is 1.74. The second kappa shape index (κ2) is 10.8. The highest BCUT2D eigenvalue weighted by atomic mass is 35.5. The third-order valence-electron chi connectivity index (χ3n) is 8.08. The van der Waals surface area contributed by atoms with Crippen LogP contribution in [0.5, 0.6) is 0 Å². The first-order valence-electron chi connectivity index (χ1n) is 12.8. The third-order valence-corrected chi connectivity index (χ3v) is 10.3. The van der Waals surface area contributed by atoms with Crippen LogP contribution in [-0.2, 0) is 14.4 Å². The van der Waals surface area contributed by atoms with E-state index in [1.165, 1.54) is 0 Å². The number of likely N-dealkylation sites (tertiary alicyclic amines) is 1. The number of benzene rings is 1. The quantitative estimate of drug-likeness (QED) is 0.338. The highest BCUT2D eigenvalue weighted by Crippen LogP contribution is 2.71. The minimum Gasteiger partial charge on any atom is -0.396 e. The van der Waals surface area contributed by atoms with Crippen molar-refractivity contribution in [2.75, 3.05) is 38.2 Å². The lowest BCUT2D eigenvalue weighted by Crippen LogP contribution is -2.55. The fourth-order valence-corrected chi connectivity index (χ4v) is 8.93. The molecule has 200 valence electrons. The van der Waals surface area contributed by atoms with E-state index in [4.69, 9.17) is 11.6 Å². The molecular weight excluding hydrogens is 510 g/mol. The van der Waals surface area contributed by atoms with Crippen molar-refractivity contribution in [3.05, 3.63) is 54.6 Å². The van der Waals surface area contributed by atoms with Crippen molar-refractivity contribution in [3.63, 3.8) is 0 Å². The lowest BCUT2D eigenvalue weighted by molar-refractivity contribution is -0.144. The normalized spacial score (nSPS) is 29.8. The van der Waals surface area contributed by atoms with Gasteiger partial charge in [-0.05, 0) is 56.9 Å². The Labute approximate surface area is 228 Å². The van der Waals surface area contributed by atoms with Gasteiger partial charge in [-0.15, -0.1) is 24.9 Å². The number of hydrogen-bond donors (Lipinski definition) is 1. The average molecular weight is 546 g/mol. The average Bonchev–Trinajstić information content (AvgIpc) is 3.43. The van der Waals surface area contributed by atoms with E-state index in [1.54, 1.807) is 69.9 Å². The largest absolute Gasteiger partial charge is 0.396 e. The molecule has 3 amide bonds. The molecule has 2 unspecified atom stereocenters. The molecule has 3 fully saturated rings. The van der Waals surface area contributed by atoms with Crippen LogP contribution in [-0.4, -0.2) is 81.5 Å². The number of fused-ring (bicyclic) bond motifs is 1. The van der Waals surface area contributed by atoms with Gasteiger partial charge in [0, 0.05) is 48.7 Å². The molecule has 3 aliphatic heterocycles. The molecule has 3 heterocycles. The van der Waals surface area contributed by atoms with E-state index < -0.39 is 27.4 Å². The van der Waals surface area contributed by atoms with Crippen molar-refractivity contribution in [2.24, 2.45) is 11.8 Å². The smallest absolute Gasteiger partial charge is 0.251 e. The van der Waals surface area contributed by atoms with Crippen LogP contribution in [0.4, 0.5) is 5.69 Å². The number of likely N-dealkylation sites (N-methyl/N-ethyl adjacent to an activating group) is 1. The van der Waals surface area contributed by atoms with Gasteiger partial charge in [0.05, 0.1) is 16.6 Å². The molecule has 0 aromatic heterocycles. The summed E-state index contributed by atoms with van der Waals surface area (Å²) in [6, 6.07) is 6.35. The Morgan fingerprint density at radius 1 is 1.16 bits per heavy atom. The van der Waals surface area contributed by atoms with Crippen LogP contribution in [0.15, 0.2) is 49.6 Å². The standard InChI is InChI=1S/C28H36ClN3O4S/c1-5-15-30(4)24(34)21-22-25(35)32(17-7-8-18-33)23(28(22)14-13-27(21,3)37-28)26(36)31(16-6-2)20-11-9-19(29)10-12-20/h5-6,9-12,21-23,33H,1-2,7-8,13-18H2,3-4H3/t21-,22-,23?,27+,28?/m0/s1. The van der Waals surface area contributed by atoms with Gasteiger partial charge in [0.2, 0.25) is 11.8 Å². The van der Waals surface area contributed by atoms with Gasteiger partial charge in [-0.3, -0.25) is 14.4 Å². The highest BCUT2D eigenvalue weighted by Gasteiger charge is 2.77. The molecule has 7 nitrogen and oxygen atoms in total. The Morgan fingerprint density at radius 3 is 2.46 bits per heavy atom.